The van der Waals surface area contributed by atoms with Gasteiger partial charge in [-0.25, -0.2) is 0 Å². The van der Waals surface area contributed by atoms with Gasteiger partial charge in [-0.05, 0) is 38.7 Å². The van der Waals surface area contributed by atoms with Crippen LogP contribution in [0.15, 0.2) is 18.2 Å². The number of hydrogen-bond acceptors (Lipinski definition) is 3. The molecule has 0 saturated carbocycles. The molecule has 0 aliphatic heterocycles. The molecule has 1 aromatic rings. The van der Waals surface area contributed by atoms with E-state index in [0.717, 1.165) is 23.5 Å². The fraction of sp³-hybridized carbons (Fsp3) is 0.462. The lowest BCUT2D eigenvalue weighted by atomic mass is 10.2. The van der Waals surface area contributed by atoms with Crippen LogP contribution in [0.25, 0.3) is 0 Å². The van der Waals surface area contributed by atoms with E-state index in [1.54, 1.807) is 17.8 Å². The first-order valence-corrected chi connectivity index (χ1v) is 7.31. The number of thioether (sulfide) groups is 1. The summed E-state index contributed by atoms with van der Waals surface area (Å²) in [6, 6.07) is 5.49. The Hall–Kier alpha value is -0.710. The van der Waals surface area contributed by atoms with Crippen LogP contribution in [-0.4, -0.2) is 43.0 Å². The van der Waals surface area contributed by atoms with Crippen molar-refractivity contribution < 1.29 is 4.79 Å². The zero-order valence-electron chi connectivity index (χ0n) is 11.0. The molecule has 0 fully saturated rings. The maximum atomic E-state index is 11.7. The summed E-state index contributed by atoms with van der Waals surface area (Å²) in [7, 11) is 4.05. The van der Waals surface area contributed by atoms with Crippen LogP contribution in [0.5, 0.6) is 0 Å². The molecule has 3 nitrogen and oxygen atoms in total. The van der Waals surface area contributed by atoms with E-state index in [1.165, 1.54) is 0 Å². The van der Waals surface area contributed by atoms with E-state index in [2.05, 4.69) is 10.2 Å². The van der Waals surface area contributed by atoms with Gasteiger partial charge in [-0.15, -0.1) is 0 Å². The molecule has 0 spiro atoms. The number of aryl methyl sites for hydroxylation is 1. The van der Waals surface area contributed by atoms with Gasteiger partial charge in [0.1, 0.15) is 0 Å². The van der Waals surface area contributed by atoms with Gasteiger partial charge in [-0.3, -0.25) is 4.79 Å². The number of nitrogens with one attached hydrogen (secondary N) is 1. The summed E-state index contributed by atoms with van der Waals surface area (Å²) in [6.45, 7) is 2.93. The van der Waals surface area contributed by atoms with E-state index in [1.807, 2.05) is 33.2 Å². The largest absolute Gasteiger partial charge is 0.325 e. The number of benzene rings is 1. The fourth-order valence-corrected chi connectivity index (χ4v) is 2.40. The molecule has 1 amide bonds. The average molecular weight is 287 g/mol. The third-order valence-corrected chi connectivity index (χ3v) is 3.56. The summed E-state index contributed by atoms with van der Waals surface area (Å²) in [5.41, 5.74) is 1.81. The third-order valence-electron chi connectivity index (χ3n) is 2.39. The molecule has 0 aliphatic rings. The molecule has 0 atom stereocenters. The van der Waals surface area contributed by atoms with Gasteiger partial charge in [0.2, 0.25) is 5.91 Å². The van der Waals surface area contributed by atoms with E-state index in [9.17, 15) is 4.79 Å². The first-order chi connectivity index (χ1) is 8.49. The minimum atomic E-state index is 0.0177. The Kier molecular flexibility index (Phi) is 6.54. The maximum Gasteiger partial charge on any atom is 0.234 e. The summed E-state index contributed by atoms with van der Waals surface area (Å²) in [6.07, 6.45) is 0. The second-order valence-corrected chi connectivity index (χ2v) is 5.90. The normalized spacial score (nSPS) is 10.7. The van der Waals surface area contributed by atoms with Crippen molar-refractivity contribution in [3.05, 3.63) is 28.8 Å². The lowest BCUT2D eigenvalue weighted by Crippen LogP contribution is -2.18. The summed E-state index contributed by atoms with van der Waals surface area (Å²) in [5.74, 6) is 1.44. The smallest absolute Gasteiger partial charge is 0.234 e. The molecular weight excluding hydrogens is 268 g/mol. The first-order valence-electron chi connectivity index (χ1n) is 5.77. The van der Waals surface area contributed by atoms with E-state index >= 15 is 0 Å². The fourth-order valence-electron chi connectivity index (χ4n) is 1.33. The van der Waals surface area contributed by atoms with Crippen molar-refractivity contribution in [1.29, 1.82) is 0 Å². The lowest BCUT2D eigenvalue weighted by Gasteiger charge is -2.10. The molecule has 0 aliphatic carbocycles. The summed E-state index contributed by atoms with van der Waals surface area (Å²) in [4.78, 5) is 13.8. The van der Waals surface area contributed by atoms with Gasteiger partial charge in [-0.1, -0.05) is 17.7 Å². The van der Waals surface area contributed by atoms with Crippen LogP contribution in [0.2, 0.25) is 5.02 Å². The number of amides is 1. The number of carbonyl (C=O) groups excluding carboxylic acids is 1. The highest BCUT2D eigenvalue weighted by atomic mass is 35.5. The third kappa shape index (κ3) is 5.76. The number of rotatable bonds is 6. The second-order valence-electron chi connectivity index (χ2n) is 4.36. The predicted octanol–water partition coefficient (Wildman–Crippen LogP) is 2.88. The van der Waals surface area contributed by atoms with E-state index in [-0.39, 0.29) is 5.91 Å². The molecule has 18 heavy (non-hydrogen) atoms. The van der Waals surface area contributed by atoms with Gasteiger partial charge in [-0.2, -0.15) is 11.8 Å². The Morgan fingerprint density at radius 2 is 2.17 bits per heavy atom. The van der Waals surface area contributed by atoms with Crippen molar-refractivity contribution in [1.82, 2.24) is 4.90 Å². The minimum Gasteiger partial charge on any atom is -0.325 e. The van der Waals surface area contributed by atoms with Gasteiger partial charge in [0.15, 0.2) is 0 Å². The Balaban J connectivity index is 2.38. The number of carbonyl (C=O) groups is 1. The Morgan fingerprint density at radius 3 is 2.83 bits per heavy atom. The average Bonchev–Trinajstić information content (AvgIpc) is 2.29. The van der Waals surface area contributed by atoms with Crippen molar-refractivity contribution in [3.63, 3.8) is 0 Å². The Bertz CT molecular complexity index is 410. The zero-order valence-corrected chi connectivity index (χ0v) is 12.6. The summed E-state index contributed by atoms with van der Waals surface area (Å²) >= 11 is 7.53. The molecule has 1 N–H and O–H groups in total. The number of nitrogens with zero attached hydrogens (tertiary/aromatic N) is 1. The van der Waals surface area contributed by atoms with Crippen LogP contribution in [0, 0.1) is 6.92 Å². The standard InChI is InChI=1S/C13H19ClN2OS/c1-10-4-5-11(14)8-12(10)15-13(17)9-18-7-6-16(2)3/h4-5,8H,6-7,9H2,1-3H3,(H,15,17). The van der Waals surface area contributed by atoms with Gasteiger partial charge >= 0.3 is 0 Å². The van der Waals surface area contributed by atoms with Crippen molar-refractivity contribution in [2.45, 2.75) is 6.92 Å². The topological polar surface area (TPSA) is 32.3 Å². The van der Waals surface area contributed by atoms with Crippen molar-refractivity contribution in [3.8, 4) is 0 Å². The number of halogens is 1. The Morgan fingerprint density at radius 1 is 1.44 bits per heavy atom. The van der Waals surface area contributed by atoms with Crippen molar-refractivity contribution >= 4 is 35.0 Å². The van der Waals surface area contributed by atoms with Gasteiger partial charge in [0.05, 0.1) is 5.75 Å². The molecular formula is C13H19ClN2OS. The highest BCUT2D eigenvalue weighted by Gasteiger charge is 2.05. The maximum absolute atomic E-state index is 11.7. The SMILES string of the molecule is Cc1ccc(Cl)cc1NC(=O)CSCCN(C)C. The van der Waals surface area contributed by atoms with Gasteiger partial charge in [0, 0.05) is 23.0 Å². The van der Waals surface area contributed by atoms with Crippen molar-refractivity contribution in [2.75, 3.05) is 37.5 Å². The van der Waals surface area contributed by atoms with Gasteiger partial charge in [0.25, 0.3) is 0 Å². The zero-order chi connectivity index (χ0) is 13.5. The van der Waals surface area contributed by atoms with E-state index in [0.29, 0.717) is 10.8 Å². The predicted molar refractivity (Wildman–Crippen MR) is 80.7 cm³/mol. The number of anilines is 1. The Labute approximate surface area is 118 Å². The minimum absolute atomic E-state index is 0.0177. The molecule has 100 valence electrons. The molecule has 1 aromatic carbocycles. The number of hydrogen-bond donors (Lipinski definition) is 1. The van der Waals surface area contributed by atoms with Crippen LogP contribution in [0.1, 0.15) is 5.56 Å². The molecule has 0 aromatic heterocycles. The van der Waals surface area contributed by atoms with Crippen molar-refractivity contribution in [2.24, 2.45) is 0 Å². The molecule has 0 bridgehead atoms. The molecule has 0 heterocycles. The first kappa shape index (κ1) is 15.3. The summed E-state index contributed by atoms with van der Waals surface area (Å²) < 4.78 is 0. The van der Waals surface area contributed by atoms with Gasteiger partial charge < -0.3 is 10.2 Å². The molecule has 5 heteroatoms. The van der Waals surface area contributed by atoms with Crippen LogP contribution in [0.3, 0.4) is 0 Å². The van der Waals surface area contributed by atoms with Crippen LogP contribution in [0.4, 0.5) is 5.69 Å². The molecule has 1 rings (SSSR count). The van der Waals surface area contributed by atoms with E-state index < -0.39 is 0 Å². The second kappa shape index (κ2) is 7.67. The van der Waals surface area contributed by atoms with Crippen LogP contribution >= 0.6 is 23.4 Å². The monoisotopic (exact) mass is 286 g/mol. The highest BCUT2D eigenvalue weighted by Crippen LogP contribution is 2.20. The highest BCUT2D eigenvalue weighted by molar-refractivity contribution is 7.99. The lowest BCUT2D eigenvalue weighted by molar-refractivity contribution is -0.113. The molecule has 0 radical (unpaired) electrons. The summed E-state index contributed by atoms with van der Waals surface area (Å²) in [5, 5.41) is 3.52. The van der Waals surface area contributed by atoms with Crippen LogP contribution < -0.4 is 5.32 Å². The van der Waals surface area contributed by atoms with Crippen LogP contribution in [-0.2, 0) is 4.79 Å². The molecule has 0 unspecified atom stereocenters. The van der Waals surface area contributed by atoms with E-state index in [4.69, 9.17) is 11.6 Å². The molecule has 0 saturated heterocycles. The quantitative estimate of drug-likeness (QED) is 0.816.